The number of halogens is 4. The Kier molecular flexibility index (Phi) is 7.29. The summed E-state index contributed by atoms with van der Waals surface area (Å²) in [7, 11) is 0. The maximum Gasteiger partial charge on any atom is 0.417 e. The Morgan fingerprint density at radius 1 is 1.09 bits per heavy atom. The van der Waals surface area contributed by atoms with Gasteiger partial charge in [0.15, 0.2) is 5.82 Å². The van der Waals surface area contributed by atoms with Gasteiger partial charge < -0.3 is 4.74 Å². The Balaban J connectivity index is 1.65. The highest BCUT2D eigenvalue weighted by atomic mass is 35.5. The van der Waals surface area contributed by atoms with Crippen LogP contribution in [0.2, 0.25) is 5.02 Å². The van der Waals surface area contributed by atoms with E-state index in [9.17, 15) is 18.0 Å². The van der Waals surface area contributed by atoms with E-state index in [1.165, 1.54) is 18.2 Å². The van der Waals surface area contributed by atoms with Crippen molar-refractivity contribution in [2.24, 2.45) is 0 Å². The Morgan fingerprint density at radius 2 is 1.81 bits per heavy atom. The first-order valence-corrected chi connectivity index (χ1v) is 10.1. The Hall–Kier alpha value is -3.20. The highest BCUT2D eigenvalue weighted by Gasteiger charge is 2.30. The topological polar surface area (TPSA) is 68.2 Å². The molecule has 1 amide bonds. The molecule has 2 heterocycles. The van der Waals surface area contributed by atoms with Gasteiger partial charge in [-0.05, 0) is 36.6 Å². The van der Waals surface area contributed by atoms with Crippen molar-refractivity contribution in [3.8, 4) is 11.6 Å². The molecule has 1 aromatic carbocycles. The fourth-order valence-corrected chi connectivity index (χ4v) is 3.27. The molecule has 3 rings (SSSR count). The van der Waals surface area contributed by atoms with Crippen molar-refractivity contribution in [1.29, 1.82) is 0 Å². The summed E-state index contributed by atoms with van der Waals surface area (Å²) in [5.74, 6) is 0.662. The van der Waals surface area contributed by atoms with Crippen LogP contribution in [0.15, 0.2) is 48.9 Å². The monoisotopic (exact) mass is 464 g/mol. The predicted molar refractivity (Wildman–Crippen MR) is 114 cm³/mol. The van der Waals surface area contributed by atoms with Gasteiger partial charge in [0.05, 0.1) is 11.3 Å². The molecule has 0 bridgehead atoms. The maximum absolute atomic E-state index is 12.6. The number of hydrogen-bond acceptors (Lipinski definition) is 5. The van der Waals surface area contributed by atoms with E-state index in [0.29, 0.717) is 41.7 Å². The predicted octanol–water partition coefficient (Wildman–Crippen LogP) is 5.49. The molecular weight excluding hydrogens is 445 g/mol. The summed E-state index contributed by atoms with van der Waals surface area (Å²) in [6.07, 6.45) is -1.19. The molecule has 0 atom stereocenters. The normalized spacial score (nSPS) is 11.3. The van der Waals surface area contributed by atoms with E-state index >= 15 is 0 Å². The number of hydrogen-bond donors (Lipinski definition) is 0. The molecule has 2 aromatic heterocycles. The minimum absolute atomic E-state index is 0.0543. The summed E-state index contributed by atoms with van der Waals surface area (Å²) in [6.45, 7) is 3.72. The number of nitrogens with zero attached hydrogens (tertiary/aromatic N) is 4. The fraction of sp³-hybridized carbons (Fsp3) is 0.273. The lowest BCUT2D eigenvalue weighted by Gasteiger charge is -2.21. The molecule has 0 aliphatic heterocycles. The number of benzene rings is 1. The van der Waals surface area contributed by atoms with Crippen LogP contribution in [0.3, 0.4) is 0 Å². The minimum Gasteiger partial charge on any atom is -0.439 e. The van der Waals surface area contributed by atoms with Crippen LogP contribution in [-0.4, -0.2) is 27.4 Å². The lowest BCUT2D eigenvalue weighted by atomic mass is 10.1. The van der Waals surface area contributed by atoms with Crippen molar-refractivity contribution < 1.29 is 22.7 Å². The van der Waals surface area contributed by atoms with E-state index < -0.39 is 11.7 Å². The molecule has 0 unspecified atom stereocenters. The summed E-state index contributed by atoms with van der Waals surface area (Å²) in [4.78, 5) is 25.6. The fourth-order valence-electron chi connectivity index (χ4n) is 2.94. The van der Waals surface area contributed by atoms with E-state index in [4.69, 9.17) is 16.3 Å². The number of amides is 1. The first kappa shape index (κ1) is 23.5. The van der Waals surface area contributed by atoms with Crippen molar-refractivity contribution in [1.82, 2.24) is 15.0 Å². The molecule has 0 aliphatic carbocycles. The Morgan fingerprint density at radius 3 is 2.38 bits per heavy atom. The van der Waals surface area contributed by atoms with Crippen molar-refractivity contribution in [2.45, 2.75) is 32.9 Å². The number of ether oxygens (including phenoxy) is 1. The molecule has 10 heteroatoms. The molecule has 6 nitrogen and oxygen atoms in total. The smallest absolute Gasteiger partial charge is 0.417 e. The zero-order valence-electron chi connectivity index (χ0n) is 17.4. The van der Waals surface area contributed by atoms with Gasteiger partial charge in [-0.3, -0.25) is 9.69 Å². The largest absolute Gasteiger partial charge is 0.439 e. The third-order valence-corrected chi connectivity index (χ3v) is 5.03. The summed E-state index contributed by atoms with van der Waals surface area (Å²) in [6, 6.07) is 9.04. The highest BCUT2D eigenvalue weighted by molar-refractivity contribution is 6.34. The summed E-state index contributed by atoms with van der Waals surface area (Å²) in [5, 5.41) is 0.359. The second-order valence-electron chi connectivity index (χ2n) is 6.86. The molecule has 0 saturated heterocycles. The average molecular weight is 465 g/mol. The van der Waals surface area contributed by atoms with Gasteiger partial charge in [0, 0.05) is 25.7 Å². The van der Waals surface area contributed by atoms with Crippen LogP contribution in [0.5, 0.6) is 11.6 Å². The molecule has 3 aromatic rings. The maximum atomic E-state index is 12.6. The first-order valence-electron chi connectivity index (χ1n) is 9.76. The van der Waals surface area contributed by atoms with Crippen molar-refractivity contribution in [3.05, 3.63) is 70.8 Å². The Bertz CT molecular complexity index is 1070. The van der Waals surface area contributed by atoms with Gasteiger partial charge >= 0.3 is 6.18 Å². The van der Waals surface area contributed by atoms with E-state index in [1.807, 2.05) is 6.92 Å². The van der Waals surface area contributed by atoms with Gasteiger partial charge in [0.1, 0.15) is 17.1 Å². The van der Waals surface area contributed by atoms with Crippen molar-refractivity contribution in [3.63, 3.8) is 0 Å². The quantitative estimate of drug-likeness (QED) is 0.462. The minimum atomic E-state index is -4.45. The van der Waals surface area contributed by atoms with Crippen molar-refractivity contribution in [2.75, 3.05) is 11.4 Å². The number of alkyl halides is 3. The van der Waals surface area contributed by atoms with Gasteiger partial charge in [-0.25, -0.2) is 15.0 Å². The van der Waals surface area contributed by atoms with Gasteiger partial charge in [0.25, 0.3) is 0 Å². The molecule has 32 heavy (non-hydrogen) atoms. The first-order chi connectivity index (χ1) is 15.2. The zero-order chi connectivity index (χ0) is 23.3. The van der Waals surface area contributed by atoms with Crippen LogP contribution in [0.25, 0.3) is 0 Å². The number of rotatable bonds is 7. The zero-order valence-corrected chi connectivity index (χ0v) is 18.1. The van der Waals surface area contributed by atoms with Gasteiger partial charge in [-0.1, -0.05) is 30.7 Å². The van der Waals surface area contributed by atoms with E-state index in [2.05, 4.69) is 15.0 Å². The lowest BCUT2D eigenvalue weighted by molar-refractivity contribution is -0.137. The Labute approximate surface area is 188 Å². The van der Waals surface area contributed by atoms with E-state index in [1.54, 1.807) is 24.3 Å². The van der Waals surface area contributed by atoms with E-state index in [-0.39, 0.29) is 11.8 Å². The standard InChI is InChI=1S/C22H20ClF3N4O2/c1-3-18-20(23)21(29-13-28-18)30(14(2)31)11-10-15-4-7-17(8-5-15)32-19-9-6-16(12-27-19)22(24,25)26/h4-9,12-13H,3,10-11H2,1-2H3. The summed E-state index contributed by atoms with van der Waals surface area (Å²) in [5.41, 5.74) is 0.747. The lowest BCUT2D eigenvalue weighted by Crippen LogP contribution is -2.32. The molecule has 0 saturated carbocycles. The molecule has 0 N–H and O–H groups in total. The van der Waals surface area contributed by atoms with Crippen LogP contribution in [0.1, 0.15) is 30.7 Å². The van der Waals surface area contributed by atoms with Crippen LogP contribution in [-0.2, 0) is 23.8 Å². The molecule has 0 aliphatic rings. The van der Waals surface area contributed by atoms with Crippen LogP contribution >= 0.6 is 11.6 Å². The van der Waals surface area contributed by atoms with Gasteiger partial charge in [-0.15, -0.1) is 0 Å². The van der Waals surface area contributed by atoms with Crippen LogP contribution < -0.4 is 9.64 Å². The van der Waals surface area contributed by atoms with Gasteiger partial charge in [-0.2, -0.15) is 13.2 Å². The average Bonchev–Trinajstić information content (AvgIpc) is 2.75. The highest BCUT2D eigenvalue weighted by Crippen LogP contribution is 2.30. The van der Waals surface area contributed by atoms with Crippen molar-refractivity contribution >= 4 is 23.3 Å². The number of carbonyl (C=O) groups is 1. The third kappa shape index (κ3) is 5.73. The molecule has 0 radical (unpaired) electrons. The number of aromatic nitrogens is 3. The van der Waals surface area contributed by atoms with Crippen LogP contribution in [0, 0.1) is 0 Å². The second-order valence-corrected chi connectivity index (χ2v) is 7.24. The third-order valence-electron chi connectivity index (χ3n) is 4.65. The SMILES string of the molecule is CCc1ncnc(N(CCc2ccc(Oc3ccc(C(F)(F)F)cn3)cc2)C(C)=O)c1Cl. The number of pyridine rings is 1. The van der Waals surface area contributed by atoms with Gasteiger partial charge in [0.2, 0.25) is 11.8 Å². The molecule has 0 fully saturated rings. The number of aryl methyl sites for hydroxylation is 1. The van der Waals surface area contributed by atoms with Crippen LogP contribution in [0.4, 0.5) is 19.0 Å². The number of anilines is 1. The molecular formula is C22H20ClF3N4O2. The summed E-state index contributed by atoms with van der Waals surface area (Å²) >= 11 is 6.36. The molecule has 0 spiro atoms. The van der Waals surface area contributed by atoms with E-state index in [0.717, 1.165) is 23.9 Å². The summed E-state index contributed by atoms with van der Waals surface area (Å²) < 4.78 is 43.4. The molecule has 168 valence electrons. The second kappa shape index (κ2) is 9.95. The number of carbonyl (C=O) groups excluding carboxylic acids is 1.